The zero-order chi connectivity index (χ0) is 20.3. The van der Waals surface area contributed by atoms with Gasteiger partial charge in [-0.15, -0.1) is 0 Å². The lowest BCUT2D eigenvalue weighted by Crippen LogP contribution is -2.48. The zero-order valence-electron chi connectivity index (χ0n) is 16.4. The minimum atomic E-state index is -0.732. The van der Waals surface area contributed by atoms with Gasteiger partial charge in [0.2, 0.25) is 0 Å². The molecule has 1 heterocycles. The fourth-order valence-electron chi connectivity index (χ4n) is 3.70. The van der Waals surface area contributed by atoms with Crippen LogP contribution in [0.25, 0.3) is 0 Å². The first-order valence-electron chi connectivity index (χ1n) is 9.35. The third kappa shape index (κ3) is 4.36. The zero-order valence-corrected chi connectivity index (χ0v) is 16.4. The van der Waals surface area contributed by atoms with E-state index in [0.29, 0.717) is 24.2 Å². The molecule has 6 heteroatoms. The number of aliphatic hydroxyl groups excluding tert-OH is 2. The summed E-state index contributed by atoms with van der Waals surface area (Å²) in [5, 5.41) is 19.9. The van der Waals surface area contributed by atoms with Crippen molar-refractivity contribution >= 4 is 0 Å². The number of aryl methyl sites for hydroxylation is 1. The number of ether oxygens (including phenoxy) is 3. The molecule has 0 aliphatic carbocycles. The van der Waals surface area contributed by atoms with Crippen LogP contribution in [0.5, 0.6) is 5.75 Å². The highest BCUT2D eigenvalue weighted by Crippen LogP contribution is 2.34. The Labute approximate surface area is 164 Å². The van der Waals surface area contributed by atoms with Crippen LogP contribution in [0.1, 0.15) is 34.8 Å². The number of halogens is 1. The Hall–Kier alpha value is -1.99. The second kappa shape index (κ2) is 9.01. The summed E-state index contributed by atoms with van der Waals surface area (Å²) in [5.74, 6) is 0.177. The average molecular weight is 390 g/mol. The van der Waals surface area contributed by atoms with Gasteiger partial charge >= 0.3 is 0 Å². The van der Waals surface area contributed by atoms with E-state index in [4.69, 9.17) is 14.2 Å². The SMILES string of the molecule is COc1ccc(Cc2cc(C3CC(O)[C@H](OC)C(CO)O3)ccc2C)c(F)c1. The van der Waals surface area contributed by atoms with E-state index in [2.05, 4.69) is 0 Å². The van der Waals surface area contributed by atoms with Gasteiger partial charge in [0.25, 0.3) is 0 Å². The second-order valence-corrected chi connectivity index (χ2v) is 7.17. The molecule has 0 saturated carbocycles. The number of rotatable bonds is 6. The maximum Gasteiger partial charge on any atom is 0.130 e. The van der Waals surface area contributed by atoms with Crippen LogP contribution in [0, 0.1) is 12.7 Å². The summed E-state index contributed by atoms with van der Waals surface area (Å²) >= 11 is 0. The second-order valence-electron chi connectivity index (χ2n) is 7.17. The van der Waals surface area contributed by atoms with Crippen molar-refractivity contribution in [1.82, 2.24) is 0 Å². The molecule has 0 amide bonds. The van der Waals surface area contributed by atoms with Crippen molar-refractivity contribution in [1.29, 1.82) is 0 Å². The fourth-order valence-corrected chi connectivity index (χ4v) is 3.70. The highest BCUT2D eigenvalue weighted by Gasteiger charge is 2.38. The maximum absolute atomic E-state index is 14.4. The molecule has 4 atom stereocenters. The van der Waals surface area contributed by atoms with E-state index in [-0.39, 0.29) is 18.5 Å². The number of benzene rings is 2. The molecule has 1 fully saturated rings. The van der Waals surface area contributed by atoms with E-state index in [1.165, 1.54) is 20.3 Å². The first kappa shape index (κ1) is 20.7. The minimum Gasteiger partial charge on any atom is -0.497 e. The van der Waals surface area contributed by atoms with E-state index in [1.54, 1.807) is 12.1 Å². The topological polar surface area (TPSA) is 68.2 Å². The van der Waals surface area contributed by atoms with Gasteiger partial charge in [0.05, 0.1) is 25.9 Å². The van der Waals surface area contributed by atoms with Gasteiger partial charge in [-0.05, 0) is 35.2 Å². The Kier molecular flexibility index (Phi) is 6.67. The Morgan fingerprint density at radius 3 is 2.57 bits per heavy atom. The summed E-state index contributed by atoms with van der Waals surface area (Å²) in [7, 11) is 3.00. The Bertz CT molecular complexity index is 810. The quantitative estimate of drug-likeness (QED) is 0.794. The summed E-state index contributed by atoms with van der Waals surface area (Å²) in [6, 6.07) is 10.8. The van der Waals surface area contributed by atoms with Gasteiger partial charge in [0.15, 0.2) is 0 Å². The van der Waals surface area contributed by atoms with Gasteiger partial charge in [-0.25, -0.2) is 4.39 Å². The molecule has 28 heavy (non-hydrogen) atoms. The van der Waals surface area contributed by atoms with Gasteiger partial charge in [-0.2, -0.15) is 0 Å². The first-order chi connectivity index (χ1) is 13.5. The van der Waals surface area contributed by atoms with E-state index in [9.17, 15) is 14.6 Å². The molecule has 3 rings (SSSR count). The van der Waals surface area contributed by atoms with Gasteiger partial charge in [-0.1, -0.05) is 24.3 Å². The Morgan fingerprint density at radius 1 is 1.14 bits per heavy atom. The van der Waals surface area contributed by atoms with Crippen LogP contribution in [0.3, 0.4) is 0 Å². The van der Waals surface area contributed by atoms with Gasteiger partial charge in [0, 0.05) is 26.0 Å². The standard InChI is InChI=1S/C22H27FO5/c1-13-4-5-15(20-11-19(25)22(27-3)21(12-24)28-20)9-16(13)8-14-6-7-17(26-2)10-18(14)23/h4-7,9-10,19-22,24-25H,8,11-12H2,1-3H3/t19?,20?,21?,22-/m0/s1. The highest BCUT2D eigenvalue weighted by molar-refractivity contribution is 5.38. The average Bonchev–Trinajstić information content (AvgIpc) is 2.70. The number of hydrogen-bond donors (Lipinski definition) is 2. The molecular formula is C22H27FO5. The summed E-state index contributed by atoms with van der Waals surface area (Å²) in [5.41, 5.74) is 3.50. The molecule has 0 bridgehead atoms. The summed E-state index contributed by atoms with van der Waals surface area (Å²) < 4.78 is 30.6. The molecule has 5 nitrogen and oxygen atoms in total. The molecule has 1 aliphatic rings. The van der Waals surface area contributed by atoms with Gasteiger partial charge in [-0.3, -0.25) is 0 Å². The summed E-state index contributed by atoms with van der Waals surface area (Å²) in [4.78, 5) is 0. The molecule has 2 N–H and O–H groups in total. The smallest absolute Gasteiger partial charge is 0.130 e. The van der Waals surface area contributed by atoms with E-state index < -0.39 is 18.3 Å². The Balaban J connectivity index is 1.83. The number of aliphatic hydroxyl groups is 2. The molecule has 0 radical (unpaired) electrons. The molecule has 2 aromatic carbocycles. The fraction of sp³-hybridized carbons (Fsp3) is 0.455. The van der Waals surface area contributed by atoms with E-state index >= 15 is 0 Å². The predicted octanol–water partition coefficient (Wildman–Crippen LogP) is 2.93. The predicted molar refractivity (Wildman–Crippen MR) is 103 cm³/mol. The van der Waals surface area contributed by atoms with Crippen LogP contribution >= 0.6 is 0 Å². The van der Waals surface area contributed by atoms with Crippen LogP contribution in [-0.4, -0.2) is 49.4 Å². The van der Waals surface area contributed by atoms with Crippen molar-refractivity contribution in [3.8, 4) is 5.75 Å². The molecule has 0 aromatic heterocycles. The molecule has 1 aliphatic heterocycles. The molecule has 152 valence electrons. The summed E-state index contributed by atoms with van der Waals surface area (Å²) in [6.07, 6.45) is -1.44. The van der Waals surface area contributed by atoms with Crippen molar-refractivity contribution < 1.29 is 28.8 Å². The lowest BCUT2D eigenvalue weighted by atomic mass is 9.91. The van der Waals surface area contributed by atoms with Crippen molar-refractivity contribution in [2.75, 3.05) is 20.8 Å². The van der Waals surface area contributed by atoms with Crippen LogP contribution in [0.4, 0.5) is 4.39 Å². The van der Waals surface area contributed by atoms with Crippen LogP contribution in [0.15, 0.2) is 36.4 Å². The van der Waals surface area contributed by atoms with Crippen molar-refractivity contribution in [2.45, 2.75) is 44.2 Å². The molecule has 2 aromatic rings. The summed E-state index contributed by atoms with van der Waals surface area (Å²) in [6.45, 7) is 1.75. The number of methoxy groups -OCH3 is 2. The normalized spacial score (nSPS) is 24.9. The highest BCUT2D eigenvalue weighted by atomic mass is 19.1. The monoisotopic (exact) mass is 390 g/mol. The van der Waals surface area contributed by atoms with Crippen LogP contribution in [-0.2, 0) is 15.9 Å². The third-order valence-electron chi connectivity index (χ3n) is 5.38. The maximum atomic E-state index is 14.4. The van der Waals surface area contributed by atoms with Gasteiger partial charge in [0.1, 0.15) is 23.8 Å². The lowest BCUT2D eigenvalue weighted by molar-refractivity contribution is -0.191. The molecular weight excluding hydrogens is 363 g/mol. The van der Waals surface area contributed by atoms with Crippen molar-refractivity contribution in [3.63, 3.8) is 0 Å². The molecule has 3 unspecified atom stereocenters. The molecule has 0 spiro atoms. The van der Waals surface area contributed by atoms with Crippen LogP contribution < -0.4 is 4.74 Å². The first-order valence-corrected chi connectivity index (χ1v) is 9.35. The van der Waals surface area contributed by atoms with Gasteiger partial charge < -0.3 is 24.4 Å². The van der Waals surface area contributed by atoms with E-state index in [0.717, 1.165) is 16.7 Å². The largest absolute Gasteiger partial charge is 0.497 e. The molecule has 1 saturated heterocycles. The minimum absolute atomic E-state index is 0.234. The van der Waals surface area contributed by atoms with Crippen LogP contribution in [0.2, 0.25) is 0 Å². The van der Waals surface area contributed by atoms with Crippen molar-refractivity contribution in [2.24, 2.45) is 0 Å². The lowest BCUT2D eigenvalue weighted by Gasteiger charge is -2.38. The Morgan fingerprint density at radius 2 is 1.93 bits per heavy atom. The van der Waals surface area contributed by atoms with Crippen molar-refractivity contribution in [3.05, 3.63) is 64.5 Å². The number of hydrogen-bond acceptors (Lipinski definition) is 5. The van der Waals surface area contributed by atoms with E-state index in [1.807, 2.05) is 25.1 Å². The third-order valence-corrected chi connectivity index (χ3v) is 5.38.